The monoisotopic (exact) mass is 295 g/mol. The molecule has 2 unspecified atom stereocenters. The van der Waals surface area contributed by atoms with E-state index in [1.54, 1.807) is 0 Å². The third kappa shape index (κ3) is 3.76. The summed E-state index contributed by atoms with van der Waals surface area (Å²) in [6, 6.07) is -0.320. The molecule has 3 fully saturated rings. The summed E-state index contributed by atoms with van der Waals surface area (Å²) in [6.45, 7) is 6.96. The number of amides is 1. The van der Waals surface area contributed by atoms with Crippen molar-refractivity contribution >= 4 is 5.91 Å². The van der Waals surface area contributed by atoms with Gasteiger partial charge < -0.3 is 20.3 Å². The summed E-state index contributed by atoms with van der Waals surface area (Å²) in [6.07, 6.45) is 5.67. The van der Waals surface area contributed by atoms with Crippen molar-refractivity contribution < 1.29 is 9.53 Å². The summed E-state index contributed by atoms with van der Waals surface area (Å²) in [5, 5.41) is 0. The van der Waals surface area contributed by atoms with Crippen molar-refractivity contribution in [2.45, 2.75) is 38.1 Å². The van der Waals surface area contributed by atoms with Crippen LogP contribution in [0.4, 0.5) is 0 Å². The average molecular weight is 295 g/mol. The highest BCUT2D eigenvalue weighted by Gasteiger charge is 2.34. The molecule has 3 aliphatic rings. The zero-order chi connectivity index (χ0) is 14.7. The van der Waals surface area contributed by atoms with Gasteiger partial charge in [0.25, 0.3) is 0 Å². The fourth-order valence-corrected chi connectivity index (χ4v) is 4.00. The number of rotatable bonds is 4. The van der Waals surface area contributed by atoms with Crippen LogP contribution in [0.25, 0.3) is 0 Å². The van der Waals surface area contributed by atoms with Gasteiger partial charge in [0.15, 0.2) is 0 Å². The Labute approximate surface area is 127 Å². The van der Waals surface area contributed by atoms with Crippen LogP contribution in [0.3, 0.4) is 0 Å². The Morgan fingerprint density at radius 1 is 1.14 bits per heavy atom. The van der Waals surface area contributed by atoms with Gasteiger partial charge in [0.05, 0.1) is 6.04 Å². The Morgan fingerprint density at radius 2 is 1.86 bits per heavy atom. The maximum atomic E-state index is 12.6. The molecule has 2 atom stereocenters. The second-order valence-corrected chi connectivity index (χ2v) is 6.92. The SMILES string of the molecule is NC(C(=O)N1CCC(CN2CCCC2)C1)C1CCOCC1. The molecule has 21 heavy (non-hydrogen) atoms. The highest BCUT2D eigenvalue weighted by atomic mass is 16.5. The number of ether oxygens (including phenoxy) is 1. The van der Waals surface area contributed by atoms with Crippen molar-refractivity contribution in [2.75, 3.05) is 45.9 Å². The van der Waals surface area contributed by atoms with Crippen molar-refractivity contribution in [2.24, 2.45) is 17.6 Å². The van der Waals surface area contributed by atoms with Crippen LogP contribution in [0.2, 0.25) is 0 Å². The largest absolute Gasteiger partial charge is 0.381 e. The molecule has 3 rings (SSSR count). The second-order valence-electron chi connectivity index (χ2n) is 6.92. The Hall–Kier alpha value is -0.650. The zero-order valence-electron chi connectivity index (χ0n) is 13.0. The highest BCUT2D eigenvalue weighted by molar-refractivity contribution is 5.82. The molecule has 5 nitrogen and oxygen atoms in total. The standard InChI is InChI=1S/C16H29N3O2/c17-15(14-4-9-21-10-5-14)16(20)19-8-3-13(12-19)11-18-6-1-2-7-18/h13-15H,1-12,17H2. The first-order chi connectivity index (χ1) is 10.2. The molecule has 3 saturated heterocycles. The lowest BCUT2D eigenvalue weighted by atomic mass is 9.91. The van der Waals surface area contributed by atoms with E-state index in [1.807, 2.05) is 4.90 Å². The third-order valence-electron chi connectivity index (χ3n) is 5.37. The lowest BCUT2D eigenvalue weighted by molar-refractivity contribution is -0.133. The number of hydrogen-bond donors (Lipinski definition) is 1. The summed E-state index contributed by atoms with van der Waals surface area (Å²) < 4.78 is 5.36. The number of carbonyl (C=O) groups is 1. The maximum Gasteiger partial charge on any atom is 0.239 e. The lowest BCUT2D eigenvalue weighted by Crippen LogP contribution is -2.48. The van der Waals surface area contributed by atoms with E-state index in [-0.39, 0.29) is 11.9 Å². The fourth-order valence-electron chi connectivity index (χ4n) is 4.00. The minimum absolute atomic E-state index is 0.172. The lowest BCUT2D eigenvalue weighted by Gasteiger charge is -2.30. The van der Waals surface area contributed by atoms with Crippen LogP contribution in [0.5, 0.6) is 0 Å². The highest BCUT2D eigenvalue weighted by Crippen LogP contribution is 2.23. The first-order valence-electron chi connectivity index (χ1n) is 8.58. The van der Waals surface area contributed by atoms with E-state index in [0.717, 1.165) is 52.1 Å². The van der Waals surface area contributed by atoms with Crippen LogP contribution < -0.4 is 5.73 Å². The van der Waals surface area contributed by atoms with Gasteiger partial charge in [-0.05, 0) is 57.0 Å². The minimum Gasteiger partial charge on any atom is -0.381 e. The Balaban J connectivity index is 1.46. The molecule has 3 aliphatic heterocycles. The van der Waals surface area contributed by atoms with E-state index >= 15 is 0 Å². The number of nitrogens with zero attached hydrogens (tertiary/aromatic N) is 2. The first-order valence-corrected chi connectivity index (χ1v) is 8.58. The molecule has 1 amide bonds. The number of hydrogen-bond acceptors (Lipinski definition) is 4. The van der Waals surface area contributed by atoms with Gasteiger partial charge in [-0.15, -0.1) is 0 Å². The molecular formula is C16H29N3O2. The second kappa shape index (κ2) is 7.07. The van der Waals surface area contributed by atoms with Crippen LogP contribution in [-0.2, 0) is 9.53 Å². The predicted molar refractivity (Wildman–Crippen MR) is 81.9 cm³/mol. The molecule has 5 heteroatoms. The Bertz CT molecular complexity index is 351. The van der Waals surface area contributed by atoms with Gasteiger partial charge in [0.1, 0.15) is 0 Å². The molecule has 0 radical (unpaired) electrons. The number of carbonyl (C=O) groups excluding carboxylic acids is 1. The average Bonchev–Trinajstić information content (AvgIpc) is 3.19. The number of nitrogens with two attached hydrogens (primary N) is 1. The van der Waals surface area contributed by atoms with Gasteiger partial charge in [0, 0.05) is 32.8 Å². The van der Waals surface area contributed by atoms with Gasteiger partial charge in [-0.25, -0.2) is 0 Å². The van der Waals surface area contributed by atoms with E-state index in [9.17, 15) is 4.79 Å². The van der Waals surface area contributed by atoms with E-state index < -0.39 is 0 Å². The van der Waals surface area contributed by atoms with Crippen molar-refractivity contribution in [3.8, 4) is 0 Å². The Morgan fingerprint density at radius 3 is 2.57 bits per heavy atom. The summed E-state index contributed by atoms with van der Waals surface area (Å²) in [7, 11) is 0. The van der Waals surface area contributed by atoms with Gasteiger partial charge in [-0.3, -0.25) is 4.79 Å². The van der Waals surface area contributed by atoms with Crippen LogP contribution in [-0.4, -0.2) is 67.7 Å². The molecule has 0 aromatic rings. The van der Waals surface area contributed by atoms with Gasteiger partial charge in [0.2, 0.25) is 5.91 Å². The van der Waals surface area contributed by atoms with Crippen LogP contribution in [0.15, 0.2) is 0 Å². The molecular weight excluding hydrogens is 266 g/mol. The van der Waals surface area contributed by atoms with Gasteiger partial charge in [-0.1, -0.05) is 0 Å². The topological polar surface area (TPSA) is 58.8 Å². The minimum atomic E-state index is -0.320. The van der Waals surface area contributed by atoms with Crippen molar-refractivity contribution in [1.29, 1.82) is 0 Å². The van der Waals surface area contributed by atoms with Crippen molar-refractivity contribution in [3.05, 3.63) is 0 Å². The van der Waals surface area contributed by atoms with Gasteiger partial charge in [-0.2, -0.15) is 0 Å². The molecule has 0 bridgehead atoms. The Kier molecular flexibility index (Phi) is 5.14. The summed E-state index contributed by atoms with van der Waals surface area (Å²) in [5.74, 6) is 1.13. The fraction of sp³-hybridized carbons (Fsp3) is 0.938. The number of likely N-dealkylation sites (tertiary alicyclic amines) is 2. The molecule has 120 valence electrons. The third-order valence-corrected chi connectivity index (χ3v) is 5.37. The van der Waals surface area contributed by atoms with E-state index in [0.29, 0.717) is 11.8 Å². The zero-order valence-corrected chi connectivity index (χ0v) is 13.0. The van der Waals surface area contributed by atoms with E-state index in [2.05, 4.69) is 4.90 Å². The van der Waals surface area contributed by atoms with Crippen LogP contribution in [0, 0.1) is 11.8 Å². The van der Waals surface area contributed by atoms with E-state index in [1.165, 1.54) is 25.9 Å². The normalized spacial score (nSPS) is 30.0. The molecule has 0 aliphatic carbocycles. The summed E-state index contributed by atoms with van der Waals surface area (Å²) in [5.41, 5.74) is 6.22. The molecule has 0 spiro atoms. The van der Waals surface area contributed by atoms with E-state index in [4.69, 9.17) is 10.5 Å². The smallest absolute Gasteiger partial charge is 0.239 e. The molecule has 3 heterocycles. The summed E-state index contributed by atoms with van der Waals surface area (Å²) in [4.78, 5) is 17.1. The van der Waals surface area contributed by atoms with Gasteiger partial charge >= 0.3 is 0 Å². The molecule has 2 N–H and O–H groups in total. The quantitative estimate of drug-likeness (QED) is 0.829. The molecule has 0 aromatic carbocycles. The molecule has 0 aromatic heterocycles. The first kappa shape index (κ1) is 15.3. The maximum absolute atomic E-state index is 12.6. The predicted octanol–water partition coefficient (Wildman–Crippen LogP) is 0.685. The van der Waals surface area contributed by atoms with Crippen LogP contribution in [0.1, 0.15) is 32.1 Å². The molecule has 0 saturated carbocycles. The summed E-state index contributed by atoms with van der Waals surface area (Å²) >= 11 is 0. The van der Waals surface area contributed by atoms with Crippen molar-refractivity contribution in [1.82, 2.24) is 9.80 Å². The van der Waals surface area contributed by atoms with Crippen molar-refractivity contribution in [3.63, 3.8) is 0 Å². The van der Waals surface area contributed by atoms with Crippen LogP contribution >= 0.6 is 0 Å².